The molecule has 0 amide bonds. The number of piperazine rings is 1. The molecule has 0 aliphatic carbocycles. The second-order valence-electron chi connectivity index (χ2n) is 7.62. The van der Waals surface area contributed by atoms with Crippen molar-refractivity contribution in [2.75, 3.05) is 42.6 Å². The minimum Gasteiger partial charge on any atom is -0.354 e. The highest BCUT2D eigenvalue weighted by atomic mass is 32.2. The van der Waals surface area contributed by atoms with Gasteiger partial charge in [0.2, 0.25) is 10.0 Å². The summed E-state index contributed by atoms with van der Waals surface area (Å²) >= 11 is 0. The summed E-state index contributed by atoms with van der Waals surface area (Å²) in [5, 5.41) is -1.04. The Morgan fingerprint density at radius 3 is 2.23 bits per heavy atom. The predicted molar refractivity (Wildman–Crippen MR) is 116 cm³/mol. The molecule has 0 radical (unpaired) electrons. The molecule has 0 bridgehead atoms. The van der Waals surface area contributed by atoms with Crippen molar-refractivity contribution >= 4 is 35.5 Å². The van der Waals surface area contributed by atoms with Crippen molar-refractivity contribution in [3.63, 3.8) is 0 Å². The number of sulfone groups is 2. The molecule has 31 heavy (non-hydrogen) atoms. The molecule has 4 rings (SSSR count). The summed E-state index contributed by atoms with van der Waals surface area (Å²) in [6, 6.07) is 10.7. The van der Waals surface area contributed by atoms with E-state index in [0.29, 0.717) is 13.1 Å². The van der Waals surface area contributed by atoms with E-state index in [1.54, 1.807) is 6.20 Å². The van der Waals surface area contributed by atoms with Crippen LogP contribution in [0.25, 0.3) is 0 Å². The fraction of sp³-hybridized carbons (Fsp3) is 0.421. The van der Waals surface area contributed by atoms with Gasteiger partial charge in [0.25, 0.3) is 0 Å². The van der Waals surface area contributed by atoms with Gasteiger partial charge in [-0.2, -0.15) is 4.31 Å². The van der Waals surface area contributed by atoms with Crippen LogP contribution in [0.2, 0.25) is 0 Å². The molecule has 2 saturated heterocycles. The molecule has 1 atom stereocenters. The maximum atomic E-state index is 13.1. The third-order valence-corrected chi connectivity index (χ3v) is 11.7. The quantitative estimate of drug-likeness (QED) is 0.602. The Bertz CT molecular complexity index is 1270. The molecule has 9 nitrogen and oxygen atoms in total. The minimum absolute atomic E-state index is 0.0249. The molecule has 2 aromatic rings. The van der Waals surface area contributed by atoms with Crippen LogP contribution in [0.4, 0.5) is 5.82 Å². The van der Waals surface area contributed by atoms with Crippen molar-refractivity contribution in [2.24, 2.45) is 0 Å². The van der Waals surface area contributed by atoms with E-state index in [0.717, 1.165) is 11.9 Å². The van der Waals surface area contributed by atoms with Crippen LogP contribution in [0.5, 0.6) is 0 Å². The Morgan fingerprint density at radius 2 is 1.61 bits per heavy atom. The lowest BCUT2D eigenvalue weighted by Crippen LogP contribution is -2.48. The Kier molecular flexibility index (Phi) is 5.83. The lowest BCUT2D eigenvalue weighted by atomic mass is 10.3. The molecule has 1 aromatic heterocycles. The predicted octanol–water partition coefficient (Wildman–Crippen LogP) is 0.553. The summed E-state index contributed by atoms with van der Waals surface area (Å²) in [5.74, 6) is 0.177. The second-order valence-corrected chi connectivity index (χ2v) is 14.0. The van der Waals surface area contributed by atoms with Gasteiger partial charge in [-0.1, -0.05) is 12.1 Å². The summed E-state index contributed by atoms with van der Waals surface area (Å²) < 4.78 is 76.8. The molecule has 0 N–H and O–H groups in total. The fourth-order valence-electron chi connectivity index (χ4n) is 3.86. The van der Waals surface area contributed by atoms with Gasteiger partial charge in [0.1, 0.15) is 5.82 Å². The highest BCUT2D eigenvalue weighted by Gasteiger charge is 2.38. The summed E-state index contributed by atoms with van der Waals surface area (Å²) in [7, 11) is -11.2. The second kappa shape index (κ2) is 8.15. The van der Waals surface area contributed by atoms with E-state index < -0.39 is 40.7 Å². The van der Waals surface area contributed by atoms with E-state index in [2.05, 4.69) is 4.98 Å². The smallest absolute Gasteiger partial charge is 0.243 e. The number of sulfonamides is 1. The topological polar surface area (TPSA) is 122 Å². The average molecular weight is 486 g/mol. The minimum atomic E-state index is -3.95. The van der Waals surface area contributed by atoms with Crippen LogP contribution in [-0.4, -0.2) is 77.5 Å². The van der Waals surface area contributed by atoms with Gasteiger partial charge in [-0.25, -0.2) is 30.2 Å². The maximum Gasteiger partial charge on any atom is 0.243 e. The molecular weight excluding hydrogens is 462 g/mol. The van der Waals surface area contributed by atoms with E-state index in [9.17, 15) is 25.3 Å². The lowest BCUT2D eigenvalue weighted by Gasteiger charge is -2.34. The van der Waals surface area contributed by atoms with Crippen molar-refractivity contribution in [1.82, 2.24) is 9.29 Å². The zero-order valence-corrected chi connectivity index (χ0v) is 19.1. The summed E-state index contributed by atoms with van der Waals surface area (Å²) in [4.78, 5) is 6.00. The molecule has 2 aliphatic rings. The van der Waals surface area contributed by atoms with Gasteiger partial charge in [0.15, 0.2) is 19.7 Å². The van der Waals surface area contributed by atoms with E-state index in [4.69, 9.17) is 0 Å². The van der Waals surface area contributed by atoms with Crippen molar-refractivity contribution < 1.29 is 25.3 Å². The molecule has 12 heteroatoms. The molecular formula is C19H23N3O6S3. The SMILES string of the molecule is O=S1(=O)CCC(S(=O)(=O)c2cccc(S(=O)(=O)N3CCN(c4ccccn4)CC3)c2)C1. The molecule has 0 saturated carbocycles. The van der Waals surface area contributed by atoms with E-state index >= 15 is 0 Å². The third kappa shape index (κ3) is 4.47. The van der Waals surface area contributed by atoms with Gasteiger partial charge in [0.05, 0.1) is 26.5 Å². The Balaban J connectivity index is 1.53. The van der Waals surface area contributed by atoms with Crippen molar-refractivity contribution in [3.8, 4) is 0 Å². The number of hydrogen-bond donors (Lipinski definition) is 0. The highest BCUT2D eigenvalue weighted by molar-refractivity contribution is 7.96. The van der Waals surface area contributed by atoms with Crippen LogP contribution in [0.1, 0.15) is 6.42 Å². The van der Waals surface area contributed by atoms with Gasteiger partial charge >= 0.3 is 0 Å². The molecule has 2 aliphatic heterocycles. The van der Waals surface area contributed by atoms with Crippen LogP contribution in [0.15, 0.2) is 58.5 Å². The van der Waals surface area contributed by atoms with E-state index in [-0.39, 0.29) is 35.1 Å². The third-order valence-electron chi connectivity index (χ3n) is 5.61. The van der Waals surface area contributed by atoms with E-state index in [1.165, 1.54) is 22.5 Å². The van der Waals surface area contributed by atoms with Crippen LogP contribution in [0.3, 0.4) is 0 Å². The summed E-state index contributed by atoms with van der Waals surface area (Å²) in [6.07, 6.45) is 1.71. The summed E-state index contributed by atoms with van der Waals surface area (Å²) in [5.41, 5.74) is 0. The molecule has 0 spiro atoms. The number of benzene rings is 1. The normalized spacial score (nSPS) is 22.5. The first-order chi connectivity index (χ1) is 14.6. The Morgan fingerprint density at radius 1 is 0.903 bits per heavy atom. The van der Waals surface area contributed by atoms with Crippen LogP contribution in [-0.2, 0) is 29.7 Å². The van der Waals surface area contributed by atoms with Gasteiger partial charge < -0.3 is 4.90 Å². The van der Waals surface area contributed by atoms with Crippen LogP contribution >= 0.6 is 0 Å². The zero-order valence-electron chi connectivity index (χ0n) is 16.7. The first-order valence-corrected chi connectivity index (χ1v) is 14.6. The van der Waals surface area contributed by atoms with Crippen molar-refractivity contribution in [1.29, 1.82) is 0 Å². The number of hydrogen-bond acceptors (Lipinski definition) is 8. The van der Waals surface area contributed by atoms with Gasteiger partial charge in [-0.3, -0.25) is 0 Å². The molecule has 1 aromatic carbocycles. The van der Waals surface area contributed by atoms with Gasteiger partial charge in [0, 0.05) is 32.4 Å². The van der Waals surface area contributed by atoms with Crippen molar-refractivity contribution in [3.05, 3.63) is 48.7 Å². The maximum absolute atomic E-state index is 13.1. The average Bonchev–Trinajstić information content (AvgIpc) is 3.15. The van der Waals surface area contributed by atoms with E-state index in [1.807, 2.05) is 23.1 Å². The Hall–Kier alpha value is -2.02. The fourth-order valence-corrected chi connectivity index (χ4v) is 9.80. The zero-order chi connectivity index (χ0) is 22.3. The standard InChI is InChI=1S/C19H23N3O6S3/c23-29(24)13-7-18(15-29)30(25,26)16-4-3-5-17(14-16)31(27,28)22-11-9-21(10-12-22)19-6-1-2-8-20-19/h1-6,8,14,18H,7,9-13,15H2. The number of anilines is 1. The monoisotopic (exact) mass is 485 g/mol. The Labute approximate surface area is 182 Å². The molecule has 168 valence electrons. The van der Waals surface area contributed by atoms with Gasteiger partial charge in [-0.15, -0.1) is 0 Å². The first kappa shape index (κ1) is 22.2. The van der Waals surface area contributed by atoms with Crippen LogP contribution < -0.4 is 4.90 Å². The molecule has 2 fully saturated rings. The molecule has 1 unspecified atom stereocenters. The van der Waals surface area contributed by atoms with Gasteiger partial charge in [-0.05, 0) is 36.8 Å². The lowest BCUT2D eigenvalue weighted by molar-refractivity contribution is 0.383. The summed E-state index contributed by atoms with van der Waals surface area (Å²) in [6.45, 7) is 1.43. The van der Waals surface area contributed by atoms with Crippen molar-refractivity contribution in [2.45, 2.75) is 21.5 Å². The first-order valence-electron chi connectivity index (χ1n) is 9.80. The molecule has 3 heterocycles. The highest BCUT2D eigenvalue weighted by Crippen LogP contribution is 2.28. The number of rotatable bonds is 5. The number of nitrogens with zero attached hydrogens (tertiary/aromatic N) is 3. The number of pyridine rings is 1. The van der Waals surface area contributed by atoms with Crippen LogP contribution in [0, 0.1) is 0 Å². The number of aromatic nitrogens is 1. The largest absolute Gasteiger partial charge is 0.354 e.